The van der Waals surface area contributed by atoms with Crippen molar-refractivity contribution in [3.63, 3.8) is 0 Å². The molecule has 0 atom stereocenters. The van der Waals surface area contributed by atoms with Crippen molar-refractivity contribution in [2.75, 3.05) is 5.32 Å². The molecule has 1 aromatic carbocycles. The van der Waals surface area contributed by atoms with Gasteiger partial charge in [-0.05, 0) is 30.3 Å². The van der Waals surface area contributed by atoms with Crippen molar-refractivity contribution >= 4 is 17.6 Å². The van der Waals surface area contributed by atoms with E-state index < -0.39 is 11.9 Å². The number of anilines is 1. The number of rotatable bonds is 3. The highest BCUT2D eigenvalue weighted by Gasteiger charge is 2.15. The Balaban J connectivity index is 2.22. The molecule has 0 aliphatic heterocycles. The van der Waals surface area contributed by atoms with Gasteiger partial charge in [-0.25, -0.2) is 4.79 Å². The zero-order chi connectivity index (χ0) is 15.4. The summed E-state index contributed by atoms with van der Waals surface area (Å²) in [6.45, 7) is 0. The first-order valence-corrected chi connectivity index (χ1v) is 5.64. The maximum absolute atomic E-state index is 11.9. The van der Waals surface area contributed by atoms with Crippen LogP contribution in [0.3, 0.4) is 0 Å². The molecular weight excluding hydrogens is 274 g/mol. The van der Waals surface area contributed by atoms with E-state index in [1.165, 1.54) is 24.3 Å². The van der Waals surface area contributed by atoms with E-state index in [2.05, 4.69) is 5.32 Å². The van der Waals surface area contributed by atoms with Gasteiger partial charge in [-0.2, -0.15) is 10.5 Å². The highest BCUT2D eigenvalue weighted by molar-refractivity contribution is 6.03. The van der Waals surface area contributed by atoms with E-state index in [9.17, 15) is 9.59 Å². The lowest BCUT2D eigenvalue weighted by molar-refractivity contribution is 0.0660. The number of amides is 1. The minimum atomic E-state index is -1.28. The van der Waals surface area contributed by atoms with Gasteiger partial charge in [0.05, 0.1) is 11.1 Å². The molecule has 2 N–H and O–H groups in total. The van der Waals surface area contributed by atoms with Crippen LogP contribution in [0.2, 0.25) is 0 Å². The summed E-state index contributed by atoms with van der Waals surface area (Å²) in [6, 6.07) is 10.3. The number of nitriles is 2. The van der Waals surface area contributed by atoms with Gasteiger partial charge in [0, 0.05) is 5.69 Å². The largest absolute Gasteiger partial charge is 0.475 e. The molecule has 2 aromatic rings. The third-order valence-corrected chi connectivity index (χ3v) is 2.56. The van der Waals surface area contributed by atoms with Gasteiger partial charge in [0.15, 0.2) is 5.76 Å². The smallest absolute Gasteiger partial charge is 0.371 e. The van der Waals surface area contributed by atoms with Crippen LogP contribution in [0.5, 0.6) is 0 Å². The van der Waals surface area contributed by atoms with E-state index >= 15 is 0 Å². The monoisotopic (exact) mass is 281 g/mol. The molecule has 1 heterocycles. The molecule has 0 saturated carbocycles. The summed E-state index contributed by atoms with van der Waals surface area (Å²) < 4.78 is 4.85. The molecule has 1 aromatic heterocycles. The van der Waals surface area contributed by atoms with Gasteiger partial charge >= 0.3 is 5.97 Å². The van der Waals surface area contributed by atoms with Crippen LogP contribution in [0.4, 0.5) is 5.69 Å². The second-order valence-electron chi connectivity index (χ2n) is 3.91. The Bertz CT molecular complexity index is 808. The summed E-state index contributed by atoms with van der Waals surface area (Å²) in [5.74, 6) is -2.46. The summed E-state index contributed by atoms with van der Waals surface area (Å²) in [5, 5.41) is 28.8. The van der Waals surface area contributed by atoms with Crippen LogP contribution >= 0.6 is 0 Å². The Labute approximate surface area is 118 Å². The van der Waals surface area contributed by atoms with Crippen molar-refractivity contribution in [2.24, 2.45) is 0 Å². The average molecular weight is 281 g/mol. The van der Waals surface area contributed by atoms with Gasteiger partial charge in [0.1, 0.15) is 12.1 Å². The molecule has 0 fully saturated rings. The zero-order valence-electron chi connectivity index (χ0n) is 10.5. The van der Waals surface area contributed by atoms with Crippen molar-refractivity contribution in [3.8, 4) is 12.1 Å². The van der Waals surface area contributed by atoms with Crippen LogP contribution < -0.4 is 5.32 Å². The molecule has 0 aliphatic rings. The lowest BCUT2D eigenvalue weighted by Crippen LogP contribution is -2.11. The van der Waals surface area contributed by atoms with E-state index in [4.69, 9.17) is 20.0 Å². The first-order valence-electron chi connectivity index (χ1n) is 5.64. The maximum atomic E-state index is 11.9. The summed E-state index contributed by atoms with van der Waals surface area (Å²) >= 11 is 0. The number of hydrogen-bond donors (Lipinski definition) is 2. The Hall–Kier alpha value is -3.58. The van der Waals surface area contributed by atoms with E-state index in [-0.39, 0.29) is 22.6 Å². The Kier molecular flexibility index (Phi) is 3.69. The molecule has 0 aliphatic carbocycles. The van der Waals surface area contributed by atoms with E-state index in [0.717, 1.165) is 6.07 Å². The lowest BCUT2D eigenvalue weighted by atomic mass is 10.1. The summed E-state index contributed by atoms with van der Waals surface area (Å²) in [5.41, 5.74) is 0.617. The third kappa shape index (κ3) is 2.88. The quantitative estimate of drug-likeness (QED) is 0.885. The lowest BCUT2D eigenvalue weighted by Gasteiger charge is -2.04. The van der Waals surface area contributed by atoms with Gasteiger partial charge in [0.2, 0.25) is 5.76 Å². The topological polar surface area (TPSA) is 127 Å². The van der Waals surface area contributed by atoms with Gasteiger partial charge in [-0.3, -0.25) is 4.79 Å². The molecule has 0 unspecified atom stereocenters. The van der Waals surface area contributed by atoms with Crippen LogP contribution in [-0.2, 0) is 0 Å². The number of carboxylic acids is 1. The standard InChI is InChI=1S/C14H7N3O4/c15-6-8-1-2-10(5-9(8)7-16)17-13(18)11-3-4-12(21-11)14(19)20/h1-5H,(H,17,18)(H,19,20). The Morgan fingerprint density at radius 2 is 1.71 bits per heavy atom. The fourth-order valence-corrected chi connectivity index (χ4v) is 1.58. The van der Waals surface area contributed by atoms with Crippen LogP contribution in [-0.4, -0.2) is 17.0 Å². The molecule has 0 saturated heterocycles. The van der Waals surface area contributed by atoms with E-state index in [1.807, 2.05) is 12.1 Å². The molecule has 0 spiro atoms. The number of carboxylic acid groups (broad SMARTS) is 1. The second kappa shape index (κ2) is 5.59. The van der Waals surface area contributed by atoms with Crippen LogP contribution in [0, 0.1) is 22.7 Å². The number of carbonyl (C=O) groups excluding carboxylic acids is 1. The molecule has 1 amide bonds. The second-order valence-corrected chi connectivity index (χ2v) is 3.91. The number of carbonyl (C=O) groups is 2. The summed E-state index contributed by atoms with van der Waals surface area (Å²) in [4.78, 5) is 22.5. The van der Waals surface area contributed by atoms with Gasteiger partial charge in [0.25, 0.3) is 5.91 Å². The minimum Gasteiger partial charge on any atom is -0.475 e. The Morgan fingerprint density at radius 3 is 2.29 bits per heavy atom. The van der Waals surface area contributed by atoms with Crippen molar-refractivity contribution in [2.45, 2.75) is 0 Å². The third-order valence-electron chi connectivity index (χ3n) is 2.56. The highest BCUT2D eigenvalue weighted by atomic mass is 16.4. The normalized spacial score (nSPS) is 9.43. The predicted molar refractivity (Wildman–Crippen MR) is 69.5 cm³/mol. The summed E-state index contributed by atoms with van der Waals surface area (Å²) in [7, 11) is 0. The van der Waals surface area contributed by atoms with Crippen molar-refractivity contribution in [3.05, 3.63) is 53.0 Å². The minimum absolute atomic E-state index is 0.126. The van der Waals surface area contributed by atoms with Gasteiger partial charge in [-0.15, -0.1) is 0 Å². The molecular formula is C14H7N3O4. The van der Waals surface area contributed by atoms with Crippen LogP contribution in [0.1, 0.15) is 32.2 Å². The van der Waals surface area contributed by atoms with Gasteiger partial charge < -0.3 is 14.8 Å². The molecule has 21 heavy (non-hydrogen) atoms. The first kappa shape index (κ1) is 13.8. The number of nitrogens with zero attached hydrogens (tertiary/aromatic N) is 2. The zero-order valence-corrected chi connectivity index (χ0v) is 10.5. The molecule has 7 heteroatoms. The number of hydrogen-bond acceptors (Lipinski definition) is 5. The fourth-order valence-electron chi connectivity index (χ4n) is 1.58. The molecule has 7 nitrogen and oxygen atoms in total. The number of aromatic carboxylic acids is 1. The van der Waals surface area contributed by atoms with E-state index in [0.29, 0.717) is 5.69 Å². The summed E-state index contributed by atoms with van der Waals surface area (Å²) in [6.07, 6.45) is 0. The van der Waals surface area contributed by atoms with Gasteiger partial charge in [-0.1, -0.05) is 0 Å². The average Bonchev–Trinajstić information content (AvgIpc) is 2.97. The van der Waals surface area contributed by atoms with Crippen molar-refractivity contribution in [1.82, 2.24) is 0 Å². The van der Waals surface area contributed by atoms with E-state index in [1.54, 1.807) is 0 Å². The van der Waals surface area contributed by atoms with Crippen molar-refractivity contribution in [1.29, 1.82) is 10.5 Å². The SMILES string of the molecule is N#Cc1ccc(NC(=O)c2ccc(C(=O)O)o2)cc1C#N. The first-order chi connectivity index (χ1) is 10.0. The van der Waals surface area contributed by atoms with Crippen molar-refractivity contribution < 1.29 is 19.1 Å². The number of benzene rings is 1. The van der Waals surface area contributed by atoms with Crippen LogP contribution in [0.15, 0.2) is 34.7 Å². The molecule has 102 valence electrons. The highest BCUT2D eigenvalue weighted by Crippen LogP contribution is 2.16. The molecule has 0 bridgehead atoms. The fraction of sp³-hybridized carbons (Fsp3) is 0. The molecule has 2 rings (SSSR count). The number of nitrogens with one attached hydrogen (secondary N) is 1. The predicted octanol–water partition coefficient (Wildman–Crippen LogP) is 1.97. The molecule has 0 radical (unpaired) electrons. The number of furan rings is 1. The van der Waals surface area contributed by atoms with Crippen LogP contribution in [0.25, 0.3) is 0 Å². The Morgan fingerprint density at radius 1 is 1.05 bits per heavy atom. The maximum Gasteiger partial charge on any atom is 0.371 e.